The molecule has 1 aliphatic heterocycles. The van der Waals surface area contributed by atoms with E-state index in [0.717, 1.165) is 12.2 Å². The molecule has 5 rings (SSSR count). The van der Waals surface area contributed by atoms with Crippen LogP contribution < -0.4 is 4.43 Å². The smallest absolute Gasteiger partial charge is 0.485 e. The second-order valence-electron chi connectivity index (χ2n) is 12.8. The van der Waals surface area contributed by atoms with E-state index in [4.69, 9.17) is 3.79 Å². The van der Waals surface area contributed by atoms with Crippen molar-refractivity contribution in [2.45, 2.75) is 94.9 Å². The second-order valence-corrected chi connectivity index (χ2v) is 15.2. The third-order valence-corrected chi connectivity index (χ3v) is 12.0. The van der Waals surface area contributed by atoms with Gasteiger partial charge in [-0.25, -0.2) is 70.8 Å². The van der Waals surface area contributed by atoms with Crippen molar-refractivity contribution in [2.75, 3.05) is 0 Å². The van der Waals surface area contributed by atoms with Gasteiger partial charge in [-0.05, 0) is 17.3 Å². The van der Waals surface area contributed by atoms with Gasteiger partial charge in [-0.3, -0.25) is 0 Å². The highest BCUT2D eigenvalue weighted by molar-refractivity contribution is 6.67. The minimum atomic E-state index is -4.51. The van der Waals surface area contributed by atoms with Crippen molar-refractivity contribution < 1.29 is 69.6 Å². The van der Waals surface area contributed by atoms with Crippen molar-refractivity contribution in [3.63, 3.8) is 0 Å². The van der Waals surface area contributed by atoms with Crippen LogP contribution in [-0.2, 0) is 15.8 Å². The summed E-state index contributed by atoms with van der Waals surface area (Å²) >= 11 is -4.51. The summed E-state index contributed by atoms with van der Waals surface area (Å²) in [7, 11) is 0. The standard InChI is InChI=1S/C16H6F10O.C14H26N2.C6F5.Al/c1-2-3-16(27,4-6(17)10(21)14(25)11(22)7(4)18)5-8(19)12(23)15(26)13(24)9(5)20;1-2-3-4-5-6-7-8-9-10-11-14-15-12-13-16-14;7-2-1-3(8)5(10)6(11)4(2)9;/h1-3H2;12-13H,2-11H2,1H3,(H,15,16);;/q-1;;;+1. The Bertz CT molecular complexity index is 1820. The lowest BCUT2D eigenvalue weighted by Crippen LogP contribution is -2.51. The fourth-order valence-corrected chi connectivity index (χ4v) is 9.21. The average Bonchev–Trinajstić information content (AvgIpc) is 3.70. The van der Waals surface area contributed by atoms with Crippen molar-refractivity contribution in [1.29, 1.82) is 0 Å². The van der Waals surface area contributed by atoms with E-state index in [-0.39, 0.29) is 0 Å². The number of hydrogen-bond acceptors (Lipinski definition) is 2. The molecule has 19 heteroatoms. The number of imidazole rings is 1. The van der Waals surface area contributed by atoms with Gasteiger partial charge in [0.2, 0.25) is 11.6 Å². The Labute approximate surface area is 309 Å². The summed E-state index contributed by atoms with van der Waals surface area (Å²) in [5, 5.41) is -0.745. The number of rotatable bonds is 13. The molecule has 0 unspecified atom stereocenters. The molecule has 1 aromatic heterocycles. The van der Waals surface area contributed by atoms with E-state index in [0.29, 0.717) is 0 Å². The van der Waals surface area contributed by atoms with Gasteiger partial charge >= 0.3 is 14.5 Å². The molecule has 0 radical (unpaired) electrons. The fourth-order valence-electron chi connectivity index (χ4n) is 6.45. The number of aryl methyl sites for hydroxylation is 1. The van der Waals surface area contributed by atoms with Crippen molar-refractivity contribution in [2.24, 2.45) is 0 Å². The van der Waals surface area contributed by atoms with Gasteiger partial charge in [0, 0.05) is 18.8 Å². The van der Waals surface area contributed by atoms with Crippen molar-refractivity contribution in [3.8, 4) is 0 Å². The highest BCUT2D eigenvalue weighted by Crippen LogP contribution is 2.49. The van der Waals surface area contributed by atoms with Crippen molar-refractivity contribution in [3.05, 3.63) is 117 Å². The quantitative estimate of drug-likeness (QED) is 0.0480. The number of halogens is 15. The zero-order valence-corrected chi connectivity index (χ0v) is 30.1. The predicted octanol–water partition coefficient (Wildman–Crippen LogP) is 11.2. The van der Waals surface area contributed by atoms with Gasteiger partial charge < -0.3 is 8.77 Å². The number of unbranched alkanes of at least 4 members (excludes halogenated alkanes) is 8. The Morgan fingerprint density at radius 1 is 0.545 bits per heavy atom. The zero-order chi connectivity index (χ0) is 40.8. The van der Waals surface area contributed by atoms with Gasteiger partial charge in [-0.15, -0.1) is 0 Å². The summed E-state index contributed by atoms with van der Waals surface area (Å²) in [6, 6.07) is 0. The van der Waals surface area contributed by atoms with Gasteiger partial charge in [-0.1, -0.05) is 70.0 Å². The maximum absolute atomic E-state index is 14.9. The number of aromatic amines is 1. The van der Waals surface area contributed by atoms with Gasteiger partial charge in [0.1, 0.15) is 11.4 Å². The van der Waals surface area contributed by atoms with Crippen LogP contribution in [0.5, 0.6) is 0 Å². The molecule has 1 aliphatic rings. The second kappa shape index (κ2) is 19.0. The van der Waals surface area contributed by atoms with Crippen LogP contribution >= 0.6 is 0 Å². The van der Waals surface area contributed by atoms with E-state index >= 15 is 0 Å². The molecule has 55 heavy (non-hydrogen) atoms. The predicted molar refractivity (Wildman–Crippen MR) is 170 cm³/mol. The Morgan fingerprint density at radius 2 is 0.927 bits per heavy atom. The summed E-state index contributed by atoms with van der Waals surface area (Å²) in [6.45, 7) is 2.27. The third kappa shape index (κ3) is 8.99. The molecule has 0 spiro atoms. The lowest BCUT2D eigenvalue weighted by molar-refractivity contribution is 0.0629. The average molecular weight is 821 g/mol. The number of benzene rings is 3. The number of nitrogens with one attached hydrogen (secondary N) is 1. The highest BCUT2D eigenvalue weighted by atomic mass is 27.2. The van der Waals surface area contributed by atoms with Gasteiger partial charge in [0.05, 0.1) is 11.1 Å². The summed E-state index contributed by atoms with van der Waals surface area (Å²) in [5.74, 6) is -40.0. The fraction of sp³-hybridized carbons (Fsp3) is 0.417. The Morgan fingerprint density at radius 3 is 1.33 bits per heavy atom. The lowest BCUT2D eigenvalue weighted by atomic mass is 9.80. The van der Waals surface area contributed by atoms with E-state index in [1.54, 1.807) is 0 Å². The lowest BCUT2D eigenvalue weighted by Gasteiger charge is -2.42. The van der Waals surface area contributed by atoms with Crippen LogP contribution in [0.25, 0.3) is 0 Å². The Hall–Kier alpha value is -3.69. The Balaban J connectivity index is 0.000000352. The molecule has 0 atom stereocenters. The highest BCUT2D eigenvalue weighted by Gasteiger charge is 2.54. The first-order valence-electron chi connectivity index (χ1n) is 17.2. The van der Waals surface area contributed by atoms with Crippen LogP contribution in [0, 0.1) is 87.3 Å². The Kier molecular flexibility index (Phi) is 15.2. The van der Waals surface area contributed by atoms with E-state index in [9.17, 15) is 65.9 Å². The molecule has 0 saturated carbocycles. The van der Waals surface area contributed by atoms with Gasteiger partial charge in [0.15, 0.2) is 75.6 Å². The molecule has 2 heterocycles. The van der Waals surface area contributed by atoms with E-state index in [2.05, 4.69) is 16.9 Å². The van der Waals surface area contributed by atoms with Crippen LogP contribution in [0.1, 0.15) is 94.5 Å². The number of hydrogen-bond donors (Lipinski definition) is 1. The molecular formula is C36H32AlF15N2O. The zero-order valence-electron chi connectivity index (χ0n) is 28.9. The van der Waals surface area contributed by atoms with Crippen LogP contribution in [0.3, 0.4) is 0 Å². The molecule has 0 bridgehead atoms. The van der Waals surface area contributed by atoms with Crippen molar-refractivity contribution >= 4 is 18.9 Å². The van der Waals surface area contributed by atoms with Crippen LogP contribution in [0.15, 0.2) is 12.4 Å². The molecular weight excluding hydrogens is 788 g/mol. The minimum absolute atomic E-state index is 0.745. The molecule has 1 N–H and O–H groups in total. The molecule has 300 valence electrons. The molecule has 0 aliphatic carbocycles. The summed E-state index contributed by atoms with van der Waals surface area (Å²) in [4.78, 5) is 7.38. The molecule has 1 fully saturated rings. The van der Waals surface area contributed by atoms with E-state index in [1.165, 1.54) is 57.8 Å². The number of aromatic nitrogens is 2. The molecule has 0 amide bonds. The third-order valence-electron chi connectivity index (χ3n) is 9.20. The first-order valence-corrected chi connectivity index (χ1v) is 19.1. The van der Waals surface area contributed by atoms with Gasteiger partial charge in [-0.2, -0.15) is 0 Å². The first kappa shape index (κ1) is 44.0. The van der Waals surface area contributed by atoms with Crippen LogP contribution in [0.4, 0.5) is 65.9 Å². The maximum Gasteiger partial charge on any atom is 0.509 e. The summed E-state index contributed by atoms with van der Waals surface area (Å²) in [6.07, 6.45) is 15.2. The maximum atomic E-state index is 14.9. The largest absolute Gasteiger partial charge is 0.509 e. The first-order chi connectivity index (χ1) is 26.0. The monoisotopic (exact) mass is 820 g/mol. The SMILES string of the molecule is CCCCCCCCCCCc1ncc[nH]1.Fc1c(F)c(F)[c]([Al]2[CH2]CCC(c3c(F)c(F)c(F)c(F)c3F)(c3c(F)c(F)c(F)c(F)c3F)[O]2)c(F)c1F. The van der Waals surface area contributed by atoms with Crippen LogP contribution in [0.2, 0.25) is 5.28 Å². The topological polar surface area (TPSA) is 37.9 Å². The summed E-state index contributed by atoms with van der Waals surface area (Å²) in [5.41, 5.74) is -8.52. The molecule has 1 saturated heterocycles. The van der Waals surface area contributed by atoms with Crippen LogP contribution in [-0.4, -0.2) is 24.5 Å². The minimum Gasteiger partial charge on any atom is -0.485 e. The molecule has 3 nitrogen and oxygen atoms in total. The summed E-state index contributed by atoms with van der Waals surface area (Å²) < 4.78 is 217. The van der Waals surface area contributed by atoms with E-state index in [1.807, 2.05) is 12.4 Å². The normalized spacial score (nSPS) is 14.0. The molecule has 4 aromatic rings. The number of H-pyrrole nitrogens is 1. The van der Waals surface area contributed by atoms with Gasteiger partial charge in [0.25, 0.3) is 0 Å². The van der Waals surface area contributed by atoms with Crippen molar-refractivity contribution in [1.82, 2.24) is 9.97 Å². The number of nitrogens with zero attached hydrogens (tertiary/aromatic N) is 1. The molecule has 3 aromatic carbocycles. The van der Waals surface area contributed by atoms with E-state index < -0.39 is 141 Å².